The smallest absolute Gasteiger partial charge is 0.146 e. The number of rotatable bonds is 3. The van der Waals surface area contributed by atoms with E-state index in [-0.39, 0.29) is 0 Å². The molecule has 0 fully saturated rings. The van der Waals surface area contributed by atoms with Crippen LogP contribution in [0.3, 0.4) is 0 Å². The Balaban J connectivity index is 1.79. The molecule has 0 radical (unpaired) electrons. The van der Waals surface area contributed by atoms with Gasteiger partial charge in [0.15, 0.2) is 0 Å². The molecular formula is C15H10OS2. The van der Waals surface area contributed by atoms with Gasteiger partial charge >= 0.3 is 0 Å². The Hall–Kier alpha value is -1.76. The Kier molecular flexibility index (Phi) is 3.06. The van der Waals surface area contributed by atoms with Crippen LogP contribution < -0.4 is 4.74 Å². The largest absolute Gasteiger partial charge is 0.486 e. The van der Waals surface area contributed by atoms with Crippen LogP contribution in [0, 0.1) is 12.3 Å². The molecule has 0 amide bonds. The van der Waals surface area contributed by atoms with Crippen molar-refractivity contribution in [3.8, 4) is 18.1 Å². The van der Waals surface area contributed by atoms with Gasteiger partial charge < -0.3 is 4.74 Å². The maximum absolute atomic E-state index is 5.76. The number of terminal acetylenes is 1. The third kappa shape index (κ3) is 2.13. The van der Waals surface area contributed by atoms with E-state index < -0.39 is 0 Å². The first-order valence-electron chi connectivity index (χ1n) is 5.50. The standard InChI is InChI=1S/C15H10OS2/c1-2-11-9-17-10-14(11)16-8-13-7-12-5-3-4-6-15(12)18-13/h1,3-7,9-10H,8H2. The van der Waals surface area contributed by atoms with Crippen molar-refractivity contribution in [2.45, 2.75) is 6.61 Å². The zero-order valence-electron chi connectivity index (χ0n) is 9.55. The summed E-state index contributed by atoms with van der Waals surface area (Å²) < 4.78 is 7.05. The summed E-state index contributed by atoms with van der Waals surface area (Å²) in [7, 11) is 0. The van der Waals surface area contributed by atoms with E-state index in [9.17, 15) is 0 Å². The van der Waals surface area contributed by atoms with Crippen LogP contribution in [0.5, 0.6) is 5.75 Å². The molecule has 2 heterocycles. The van der Waals surface area contributed by atoms with Gasteiger partial charge in [0.2, 0.25) is 0 Å². The molecule has 0 aliphatic rings. The molecule has 1 aromatic carbocycles. The lowest BCUT2D eigenvalue weighted by Gasteiger charge is -2.02. The summed E-state index contributed by atoms with van der Waals surface area (Å²) in [6, 6.07) is 10.5. The van der Waals surface area contributed by atoms with Crippen molar-refractivity contribution < 1.29 is 4.74 Å². The number of hydrogen-bond donors (Lipinski definition) is 0. The second-order valence-corrected chi connectivity index (χ2v) is 5.75. The average Bonchev–Trinajstić information content (AvgIpc) is 3.01. The average molecular weight is 270 g/mol. The van der Waals surface area contributed by atoms with Crippen molar-refractivity contribution in [3.63, 3.8) is 0 Å². The molecule has 0 spiro atoms. The zero-order valence-corrected chi connectivity index (χ0v) is 11.2. The predicted molar refractivity (Wildman–Crippen MR) is 78.4 cm³/mol. The topological polar surface area (TPSA) is 9.23 Å². The van der Waals surface area contributed by atoms with Crippen molar-refractivity contribution in [3.05, 3.63) is 51.5 Å². The Labute approximate surface area is 114 Å². The number of benzene rings is 1. The molecule has 0 unspecified atom stereocenters. The second kappa shape index (κ2) is 4.85. The molecule has 3 aromatic rings. The highest BCUT2D eigenvalue weighted by molar-refractivity contribution is 7.19. The zero-order chi connectivity index (χ0) is 12.4. The van der Waals surface area contributed by atoms with Crippen LogP contribution in [0.15, 0.2) is 41.1 Å². The molecule has 18 heavy (non-hydrogen) atoms. The summed E-state index contributed by atoms with van der Waals surface area (Å²) in [6.07, 6.45) is 5.40. The molecule has 0 aliphatic carbocycles. The van der Waals surface area contributed by atoms with Crippen molar-refractivity contribution in [2.24, 2.45) is 0 Å². The summed E-state index contributed by atoms with van der Waals surface area (Å²) in [5, 5.41) is 5.14. The fraction of sp³-hybridized carbons (Fsp3) is 0.0667. The van der Waals surface area contributed by atoms with Crippen LogP contribution in [-0.2, 0) is 6.61 Å². The molecule has 0 N–H and O–H groups in total. The summed E-state index contributed by atoms with van der Waals surface area (Å²) >= 11 is 3.33. The van der Waals surface area contributed by atoms with Crippen LogP contribution >= 0.6 is 22.7 Å². The van der Waals surface area contributed by atoms with Crippen molar-refractivity contribution in [1.29, 1.82) is 0 Å². The van der Waals surface area contributed by atoms with Crippen LogP contribution in [0.4, 0.5) is 0 Å². The Morgan fingerprint density at radius 3 is 2.94 bits per heavy atom. The van der Waals surface area contributed by atoms with E-state index in [0.717, 1.165) is 11.3 Å². The van der Waals surface area contributed by atoms with Gasteiger partial charge in [0.05, 0.1) is 5.56 Å². The molecule has 0 aliphatic heterocycles. The van der Waals surface area contributed by atoms with Gasteiger partial charge in [-0.3, -0.25) is 0 Å². The first-order chi connectivity index (χ1) is 8.86. The number of hydrogen-bond acceptors (Lipinski definition) is 3. The minimum absolute atomic E-state index is 0.574. The highest BCUT2D eigenvalue weighted by Gasteiger charge is 2.05. The summed E-state index contributed by atoms with van der Waals surface area (Å²) in [5.41, 5.74) is 0.834. The second-order valence-electron chi connectivity index (χ2n) is 3.83. The van der Waals surface area contributed by atoms with E-state index in [2.05, 4.69) is 36.3 Å². The third-order valence-corrected chi connectivity index (χ3v) is 4.44. The summed E-state index contributed by atoms with van der Waals surface area (Å²) in [5.74, 6) is 3.43. The maximum Gasteiger partial charge on any atom is 0.146 e. The maximum atomic E-state index is 5.76. The quantitative estimate of drug-likeness (QED) is 0.636. The highest BCUT2D eigenvalue weighted by atomic mass is 32.1. The van der Waals surface area contributed by atoms with Crippen molar-refractivity contribution in [2.75, 3.05) is 0 Å². The van der Waals surface area contributed by atoms with Crippen LogP contribution in [-0.4, -0.2) is 0 Å². The lowest BCUT2D eigenvalue weighted by molar-refractivity contribution is 0.310. The van der Waals surface area contributed by atoms with Crippen LogP contribution in [0.25, 0.3) is 10.1 Å². The molecular weight excluding hydrogens is 260 g/mol. The van der Waals surface area contributed by atoms with E-state index in [0.29, 0.717) is 6.61 Å². The van der Waals surface area contributed by atoms with E-state index in [1.165, 1.54) is 15.0 Å². The Morgan fingerprint density at radius 1 is 1.22 bits per heavy atom. The normalized spacial score (nSPS) is 10.4. The minimum Gasteiger partial charge on any atom is -0.486 e. The van der Waals surface area contributed by atoms with Crippen LogP contribution in [0.1, 0.15) is 10.4 Å². The van der Waals surface area contributed by atoms with Gasteiger partial charge in [0.1, 0.15) is 12.4 Å². The lowest BCUT2D eigenvalue weighted by atomic mass is 10.2. The summed E-state index contributed by atoms with van der Waals surface area (Å²) in [4.78, 5) is 1.21. The number of thiophene rings is 2. The fourth-order valence-corrected chi connectivity index (χ4v) is 3.44. The molecule has 88 valence electrons. The van der Waals surface area contributed by atoms with Gasteiger partial charge in [-0.1, -0.05) is 24.1 Å². The third-order valence-electron chi connectivity index (χ3n) is 2.63. The van der Waals surface area contributed by atoms with Crippen molar-refractivity contribution in [1.82, 2.24) is 0 Å². The monoisotopic (exact) mass is 270 g/mol. The van der Waals surface area contributed by atoms with E-state index in [4.69, 9.17) is 11.2 Å². The number of fused-ring (bicyclic) bond motifs is 1. The molecule has 3 rings (SSSR count). The first kappa shape index (κ1) is 11.3. The van der Waals surface area contributed by atoms with Gasteiger partial charge in [-0.05, 0) is 17.5 Å². The molecule has 0 atom stereocenters. The minimum atomic E-state index is 0.574. The predicted octanol–water partition coefficient (Wildman–Crippen LogP) is 4.52. The van der Waals surface area contributed by atoms with Gasteiger partial charge in [-0.25, -0.2) is 0 Å². The van der Waals surface area contributed by atoms with Gasteiger partial charge in [0, 0.05) is 20.3 Å². The van der Waals surface area contributed by atoms with Gasteiger partial charge in [-0.15, -0.1) is 29.1 Å². The molecule has 0 saturated heterocycles. The lowest BCUT2D eigenvalue weighted by Crippen LogP contribution is -1.92. The first-order valence-corrected chi connectivity index (χ1v) is 7.26. The molecule has 0 saturated carbocycles. The number of ether oxygens (including phenoxy) is 1. The molecule has 0 bridgehead atoms. The van der Waals surface area contributed by atoms with E-state index in [1.807, 2.05) is 10.8 Å². The summed E-state index contributed by atoms with van der Waals surface area (Å²) in [6.45, 7) is 0.574. The van der Waals surface area contributed by atoms with E-state index >= 15 is 0 Å². The highest BCUT2D eigenvalue weighted by Crippen LogP contribution is 2.28. The molecule has 1 nitrogen and oxygen atoms in total. The molecule has 3 heteroatoms. The van der Waals surface area contributed by atoms with Gasteiger partial charge in [0.25, 0.3) is 0 Å². The Bertz CT molecular complexity index is 682. The van der Waals surface area contributed by atoms with Crippen molar-refractivity contribution >= 4 is 32.8 Å². The Morgan fingerprint density at radius 2 is 2.11 bits per heavy atom. The van der Waals surface area contributed by atoms with Gasteiger partial charge in [-0.2, -0.15) is 0 Å². The van der Waals surface area contributed by atoms with Crippen LogP contribution in [0.2, 0.25) is 0 Å². The molecule has 2 aromatic heterocycles. The SMILES string of the molecule is C#Cc1cscc1OCc1cc2ccccc2s1. The van der Waals surface area contributed by atoms with E-state index in [1.54, 1.807) is 22.7 Å². The fourth-order valence-electron chi connectivity index (χ4n) is 1.76.